The number of hydrogen-bond acceptors (Lipinski definition) is 4. The van der Waals surface area contributed by atoms with Gasteiger partial charge in [-0.05, 0) is 67.5 Å². The molecule has 0 radical (unpaired) electrons. The predicted octanol–water partition coefficient (Wildman–Crippen LogP) is 8.21. The van der Waals surface area contributed by atoms with Gasteiger partial charge in [0, 0.05) is 36.5 Å². The first-order chi connectivity index (χ1) is 18.4. The zero-order chi connectivity index (χ0) is 30.0. The predicted molar refractivity (Wildman–Crippen MR) is 162 cm³/mol. The van der Waals surface area contributed by atoms with Crippen molar-refractivity contribution in [3.05, 3.63) is 69.8 Å². The highest BCUT2D eigenvalue weighted by molar-refractivity contribution is 6.20. The molecule has 0 heterocycles. The molecule has 3 N–H and O–H groups in total. The van der Waals surface area contributed by atoms with Crippen molar-refractivity contribution in [1.82, 2.24) is 10.2 Å². The zero-order valence-electron chi connectivity index (χ0n) is 24.6. The fourth-order valence-corrected chi connectivity index (χ4v) is 3.85. The smallest absolute Gasteiger partial charge is 0.264 e. The van der Waals surface area contributed by atoms with Gasteiger partial charge in [0.05, 0.1) is 12.7 Å². The molecule has 1 atom stereocenters. The molecule has 1 unspecified atom stereocenters. The molecular formula is C31H47ClF2N4O. The van der Waals surface area contributed by atoms with Crippen LogP contribution in [0.3, 0.4) is 0 Å². The van der Waals surface area contributed by atoms with Gasteiger partial charge >= 0.3 is 0 Å². The SMILES string of the molecule is CCC(=O)c1cc(CNCC(C)C)cc(C(F)F)c1CC.CCC(Cl)Cc1cccc(C)c1.CN(C=N)C=N. The summed E-state index contributed by atoms with van der Waals surface area (Å²) in [7, 11) is 1.62. The van der Waals surface area contributed by atoms with Gasteiger partial charge in [0.2, 0.25) is 0 Å². The van der Waals surface area contributed by atoms with Gasteiger partial charge in [-0.1, -0.05) is 64.4 Å². The van der Waals surface area contributed by atoms with Gasteiger partial charge in [-0.15, -0.1) is 11.6 Å². The number of nitrogens with zero attached hydrogens (tertiary/aromatic N) is 1. The molecule has 218 valence electrons. The molecule has 0 aliphatic rings. The highest BCUT2D eigenvalue weighted by Gasteiger charge is 2.19. The summed E-state index contributed by atoms with van der Waals surface area (Å²) in [5.41, 5.74) is 4.35. The number of hydrogen-bond donors (Lipinski definition) is 3. The fourth-order valence-electron chi connectivity index (χ4n) is 3.67. The molecule has 0 aliphatic heterocycles. The van der Waals surface area contributed by atoms with E-state index in [0.29, 0.717) is 36.4 Å². The Morgan fingerprint density at radius 1 is 1.08 bits per heavy atom. The average molecular weight is 565 g/mol. The van der Waals surface area contributed by atoms with Crippen LogP contribution in [0.25, 0.3) is 0 Å². The summed E-state index contributed by atoms with van der Waals surface area (Å²) in [6.07, 6.45) is 2.38. The number of carbonyl (C=O) groups excluding carboxylic acids is 1. The molecule has 5 nitrogen and oxygen atoms in total. The maximum atomic E-state index is 13.3. The number of halogens is 3. The second kappa shape index (κ2) is 20.3. The summed E-state index contributed by atoms with van der Waals surface area (Å²) in [6.45, 7) is 13.3. The van der Waals surface area contributed by atoms with Crippen LogP contribution in [0.1, 0.15) is 92.1 Å². The van der Waals surface area contributed by atoms with E-state index in [1.807, 2.05) is 6.92 Å². The molecule has 0 spiro atoms. The molecule has 2 aromatic rings. The van der Waals surface area contributed by atoms with E-state index in [4.69, 9.17) is 22.4 Å². The number of rotatable bonds is 13. The number of ketones is 1. The molecule has 2 aromatic carbocycles. The van der Waals surface area contributed by atoms with E-state index < -0.39 is 6.43 Å². The van der Waals surface area contributed by atoms with Crippen LogP contribution in [-0.2, 0) is 19.4 Å². The Bertz CT molecular complexity index is 1010. The van der Waals surface area contributed by atoms with Crippen LogP contribution >= 0.6 is 11.6 Å². The van der Waals surface area contributed by atoms with Crippen molar-refractivity contribution in [3.8, 4) is 0 Å². The van der Waals surface area contributed by atoms with Gasteiger partial charge in [0.25, 0.3) is 6.43 Å². The van der Waals surface area contributed by atoms with Crippen molar-refractivity contribution in [3.63, 3.8) is 0 Å². The average Bonchev–Trinajstić information content (AvgIpc) is 2.91. The van der Waals surface area contributed by atoms with Crippen molar-refractivity contribution < 1.29 is 13.6 Å². The lowest BCUT2D eigenvalue weighted by Gasteiger charge is -2.16. The lowest BCUT2D eigenvalue weighted by molar-refractivity contribution is 0.0986. The molecular weight excluding hydrogens is 518 g/mol. The fraction of sp³-hybridized carbons (Fsp3) is 0.516. The summed E-state index contributed by atoms with van der Waals surface area (Å²) < 4.78 is 26.5. The second-order valence-electron chi connectivity index (χ2n) is 9.79. The van der Waals surface area contributed by atoms with E-state index >= 15 is 0 Å². The second-order valence-corrected chi connectivity index (χ2v) is 10.4. The van der Waals surface area contributed by atoms with Crippen LogP contribution in [-0.4, -0.2) is 42.3 Å². The summed E-state index contributed by atoms with van der Waals surface area (Å²) in [5, 5.41) is 16.4. The normalized spacial score (nSPS) is 11.2. The van der Waals surface area contributed by atoms with E-state index in [2.05, 4.69) is 57.3 Å². The highest BCUT2D eigenvalue weighted by atomic mass is 35.5. The molecule has 0 aromatic heterocycles. The van der Waals surface area contributed by atoms with Crippen LogP contribution in [0.2, 0.25) is 0 Å². The van der Waals surface area contributed by atoms with Crippen molar-refractivity contribution in [1.29, 1.82) is 10.8 Å². The number of benzene rings is 2. The summed E-state index contributed by atoms with van der Waals surface area (Å²) in [4.78, 5) is 13.4. The number of carbonyl (C=O) groups is 1. The Morgan fingerprint density at radius 3 is 2.15 bits per heavy atom. The van der Waals surface area contributed by atoms with Gasteiger partial charge in [0.15, 0.2) is 5.78 Å². The summed E-state index contributed by atoms with van der Waals surface area (Å²) >= 11 is 6.05. The maximum Gasteiger partial charge on any atom is 0.264 e. The summed E-state index contributed by atoms with van der Waals surface area (Å²) in [5.74, 6) is 0.422. The number of nitrogens with one attached hydrogen (secondary N) is 3. The maximum absolute atomic E-state index is 13.3. The van der Waals surface area contributed by atoms with Crippen LogP contribution in [0, 0.1) is 23.7 Å². The molecule has 0 bridgehead atoms. The van der Waals surface area contributed by atoms with Gasteiger partial charge in [0.1, 0.15) is 0 Å². The number of aryl methyl sites for hydroxylation is 1. The van der Waals surface area contributed by atoms with Crippen molar-refractivity contribution in [2.24, 2.45) is 5.92 Å². The van der Waals surface area contributed by atoms with E-state index in [1.165, 1.54) is 22.1 Å². The Kier molecular flexibility index (Phi) is 18.9. The minimum Gasteiger partial charge on any atom is -0.327 e. The van der Waals surface area contributed by atoms with Crippen molar-refractivity contribution in [2.45, 2.75) is 85.6 Å². The van der Waals surface area contributed by atoms with E-state index in [-0.39, 0.29) is 16.7 Å². The van der Waals surface area contributed by atoms with Gasteiger partial charge in [-0.3, -0.25) is 15.6 Å². The standard InChI is InChI=1S/C17H25F2NO.C11H15Cl.C3H7N3/c1-5-13-14(16(21)6-2)7-12(8-15(13)17(18)19)10-20-9-11(3)4;1-3-11(12)8-10-6-4-5-9(2)7-10;1-6(2-4)3-5/h7-8,11,17,20H,5-6,9-10H2,1-4H3;4-7,11H,3,8H2,1-2H3;2-5H,1H3. The lowest BCUT2D eigenvalue weighted by Crippen LogP contribution is -2.19. The minimum atomic E-state index is -2.55. The monoisotopic (exact) mass is 564 g/mol. The van der Waals surface area contributed by atoms with Crippen LogP contribution in [0.4, 0.5) is 8.78 Å². The first-order valence-corrected chi connectivity index (χ1v) is 14.0. The molecule has 39 heavy (non-hydrogen) atoms. The van der Waals surface area contributed by atoms with Crippen LogP contribution in [0.15, 0.2) is 36.4 Å². The highest BCUT2D eigenvalue weighted by Crippen LogP contribution is 2.28. The molecule has 0 amide bonds. The third-order valence-electron chi connectivity index (χ3n) is 5.83. The van der Waals surface area contributed by atoms with Crippen molar-refractivity contribution in [2.75, 3.05) is 13.6 Å². The number of alkyl halides is 3. The number of Topliss-reactive ketones (excluding diaryl/α,β-unsaturated/α-hetero) is 1. The van der Waals surface area contributed by atoms with E-state index in [1.54, 1.807) is 20.0 Å². The molecule has 0 saturated heterocycles. The molecule has 2 rings (SSSR count). The molecule has 0 aliphatic carbocycles. The third kappa shape index (κ3) is 14.9. The minimum absolute atomic E-state index is 0.00172. The molecule has 0 saturated carbocycles. The lowest BCUT2D eigenvalue weighted by atomic mass is 9.92. The van der Waals surface area contributed by atoms with Crippen LogP contribution in [0.5, 0.6) is 0 Å². The first-order valence-electron chi connectivity index (χ1n) is 13.5. The Morgan fingerprint density at radius 2 is 1.72 bits per heavy atom. The third-order valence-corrected chi connectivity index (χ3v) is 6.29. The summed E-state index contributed by atoms with van der Waals surface area (Å²) in [6, 6.07) is 11.8. The Labute approximate surface area is 239 Å². The quantitative estimate of drug-likeness (QED) is 0.0992. The zero-order valence-corrected chi connectivity index (χ0v) is 25.3. The topological polar surface area (TPSA) is 80.0 Å². The van der Waals surface area contributed by atoms with E-state index in [9.17, 15) is 13.6 Å². The Balaban J connectivity index is 0.000000670. The van der Waals surface area contributed by atoms with Gasteiger partial charge in [-0.2, -0.15) is 0 Å². The van der Waals surface area contributed by atoms with Gasteiger partial charge in [-0.25, -0.2) is 8.78 Å². The molecule has 8 heteroatoms. The largest absolute Gasteiger partial charge is 0.327 e. The van der Waals surface area contributed by atoms with E-state index in [0.717, 1.165) is 37.6 Å². The first kappa shape index (κ1) is 36.4. The molecule has 0 fully saturated rings. The van der Waals surface area contributed by atoms with Gasteiger partial charge < -0.3 is 10.2 Å². The van der Waals surface area contributed by atoms with Crippen molar-refractivity contribution >= 4 is 30.1 Å². The Hall–Kier alpha value is -2.64. The van der Waals surface area contributed by atoms with Crippen LogP contribution < -0.4 is 5.32 Å².